The fourth-order valence-corrected chi connectivity index (χ4v) is 3.21. The number of aliphatic imine (C=N–C) groups is 1. The van der Waals surface area contributed by atoms with Crippen LogP contribution in [-0.4, -0.2) is 41.3 Å². The van der Waals surface area contributed by atoms with Crippen LogP contribution in [0.15, 0.2) is 23.3 Å². The zero-order valence-corrected chi connectivity index (χ0v) is 20.6. The average molecular weight is 517 g/mol. The summed E-state index contributed by atoms with van der Waals surface area (Å²) in [5.74, 6) is 0.816. The molecule has 1 aliphatic carbocycles. The Hall–Kier alpha value is -1.58. The minimum atomic E-state index is -0.466. The summed E-state index contributed by atoms with van der Waals surface area (Å²) in [6.07, 6.45) is 5.29. The summed E-state index contributed by atoms with van der Waals surface area (Å²) >= 11 is 0. The maximum atomic E-state index is 11.9. The van der Waals surface area contributed by atoms with Gasteiger partial charge in [0.1, 0.15) is 5.60 Å². The van der Waals surface area contributed by atoms with Crippen LogP contribution in [0.3, 0.4) is 0 Å². The summed E-state index contributed by atoms with van der Waals surface area (Å²) in [5, 5.41) is 9.82. The third-order valence-electron chi connectivity index (χ3n) is 4.64. The number of guanidine groups is 1. The lowest BCUT2D eigenvalue weighted by Crippen LogP contribution is -2.48. The van der Waals surface area contributed by atoms with Crippen molar-refractivity contribution < 1.29 is 9.53 Å². The summed E-state index contributed by atoms with van der Waals surface area (Å²) in [5.41, 5.74) is 1.67. The van der Waals surface area contributed by atoms with Crippen molar-refractivity contribution in [2.75, 3.05) is 6.54 Å². The molecule has 1 heterocycles. The Morgan fingerprint density at radius 2 is 1.83 bits per heavy atom. The van der Waals surface area contributed by atoms with Gasteiger partial charge in [-0.15, -0.1) is 24.0 Å². The van der Waals surface area contributed by atoms with Crippen molar-refractivity contribution >= 4 is 36.0 Å². The van der Waals surface area contributed by atoms with Crippen molar-refractivity contribution in [3.05, 3.63) is 29.6 Å². The Morgan fingerprint density at radius 1 is 1.21 bits per heavy atom. The van der Waals surface area contributed by atoms with Gasteiger partial charge in [-0.1, -0.05) is 6.07 Å². The van der Waals surface area contributed by atoms with Crippen LogP contribution in [0.2, 0.25) is 0 Å². The van der Waals surface area contributed by atoms with Crippen molar-refractivity contribution in [1.29, 1.82) is 0 Å². The molecule has 1 aliphatic rings. The molecule has 0 aromatic carbocycles. The maximum absolute atomic E-state index is 11.9. The van der Waals surface area contributed by atoms with Crippen LogP contribution in [0.1, 0.15) is 64.6 Å². The van der Waals surface area contributed by atoms with Gasteiger partial charge in [-0.3, -0.25) is 4.98 Å². The molecule has 29 heavy (non-hydrogen) atoms. The van der Waals surface area contributed by atoms with Crippen LogP contribution in [0.5, 0.6) is 0 Å². The summed E-state index contributed by atoms with van der Waals surface area (Å²) in [7, 11) is 0. The van der Waals surface area contributed by atoms with Crippen LogP contribution in [0.25, 0.3) is 0 Å². The Kier molecular flexibility index (Phi) is 10.7. The first-order chi connectivity index (χ1) is 13.3. The molecular formula is C21H36IN5O2. The summed E-state index contributed by atoms with van der Waals surface area (Å²) in [4.78, 5) is 21.0. The number of pyridine rings is 1. The van der Waals surface area contributed by atoms with E-state index < -0.39 is 5.60 Å². The number of amides is 1. The standard InChI is InChI=1S/C21H35N5O2.HI/c1-6-22-19(24-14-18-15(2)8-7-13-23-18)25-16-9-11-17(12-10-16)26-20(27)28-21(3,4)5;/h7-8,13,16-17H,6,9-12,14H2,1-5H3,(H,26,27)(H2,22,24,25);1H. The van der Waals surface area contributed by atoms with Crippen molar-refractivity contribution in [3.8, 4) is 0 Å². The SMILES string of the molecule is CCNC(=NCc1ncccc1C)NC1CCC(NC(=O)OC(C)(C)C)CC1.I. The van der Waals surface area contributed by atoms with Crippen LogP contribution in [-0.2, 0) is 11.3 Å². The molecule has 1 aromatic heterocycles. The molecule has 7 nitrogen and oxygen atoms in total. The van der Waals surface area contributed by atoms with Gasteiger partial charge in [0.25, 0.3) is 0 Å². The second-order valence-electron chi connectivity index (χ2n) is 8.30. The second kappa shape index (κ2) is 12.2. The van der Waals surface area contributed by atoms with Gasteiger partial charge in [0.2, 0.25) is 0 Å². The molecule has 0 bridgehead atoms. The lowest BCUT2D eigenvalue weighted by atomic mass is 9.91. The highest BCUT2D eigenvalue weighted by atomic mass is 127. The van der Waals surface area contributed by atoms with Gasteiger partial charge in [0, 0.05) is 24.8 Å². The highest BCUT2D eigenvalue weighted by Gasteiger charge is 2.25. The van der Waals surface area contributed by atoms with E-state index in [9.17, 15) is 4.79 Å². The van der Waals surface area contributed by atoms with Gasteiger partial charge < -0.3 is 20.7 Å². The molecule has 1 aromatic rings. The van der Waals surface area contributed by atoms with Crippen molar-refractivity contribution in [2.45, 2.75) is 84.5 Å². The number of rotatable bonds is 5. The quantitative estimate of drug-likeness (QED) is 0.313. The largest absolute Gasteiger partial charge is 0.444 e. The molecule has 0 spiro atoms. The number of carbonyl (C=O) groups excluding carboxylic acids is 1. The van der Waals surface area contributed by atoms with Crippen molar-refractivity contribution in [3.63, 3.8) is 0 Å². The molecule has 2 rings (SSSR count). The number of hydrogen-bond acceptors (Lipinski definition) is 4. The highest BCUT2D eigenvalue weighted by molar-refractivity contribution is 14.0. The topological polar surface area (TPSA) is 87.6 Å². The molecule has 0 atom stereocenters. The van der Waals surface area contributed by atoms with Gasteiger partial charge in [-0.25, -0.2) is 9.79 Å². The molecule has 0 saturated heterocycles. The Labute approximate surface area is 191 Å². The van der Waals surface area contributed by atoms with E-state index in [2.05, 4.69) is 45.8 Å². The van der Waals surface area contributed by atoms with E-state index in [1.165, 1.54) is 0 Å². The van der Waals surface area contributed by atoms with Crippen LogP contribution >= 0.6 is 24.0 Å². The van der Waals surface area contributed by atoms with E-state index in [0.717, 1.165) is 49.4 Å². The zero-order chi connectivity index (χ0) is 20.6. The first-order valence-corrected chi connectivity index (χ1v) is 10.2. The first kappa shape index (κ1) is 25.5. The van der Waals surface area contributed by atoms with Crippen molar-refractivity contribution in [1.82, 2.24) is 20.9 Å². The number of hydrogen-bond donors (Lipinski definition) is 3. The third kappa shape index (κ3) is 9.64. The fraction of sp³-hybridized carbons (Fsp3) is 0.667. The predicted octanol–water partition coefficient (Wildman–Crippen LogP) is 3.90. The number of aromatic nitrogens is 1. The maximum Gasteiger partial charge on any atom is 0.407 e. The number of carbonyl (C=O) groups is 1. The van der Waals surface area contributed by atoms with Crippen LogP contribution in [0, 0.1) is 6.92 Å². The molecule has 1 saturated carbocycles. The molecule has 1 amide bonds. The number of nitrogens with zero attached hydrogens (tertiary/aromatic N) is 2. The van der Waals surface area contributed by atoms with Gasteiger partial charge in [-0.05, 0) is 71.9 Å². The minimum Gasteiger partial charge on any atom is -0.444 e. The fourth-order valence-electron chi connectivity index (χ4n) is 3.21. The van der Waals surface area contributed by atoms with Crippen molar-refractivity contribution in [2.24, 2.45) is 4.99 Å². The first-order valence-electron chi connectivity index (χ1n) is 10.2. The zero-order valence-electron chi connectivity index (χ0n) is 18.2. The second-order valence-corrected chi connectivity index (χ2v) is 8.30. The molecule has 8 heteroatoms. The number of halogens is 1. The molecular weight excluding hydrogens is 481 g/mol. The minimum absolute atomic E-state index is 0. The normalized spacial score (nSPS) is 19.7. The number of alkyl carbamates (subject to hydrolysis) is 1. The summed E-state index contributed by atoms with van der Waals surface area (Å²) in [6, 6.07) is 4.51. The molecule has 0 radical (unpaired) electrons. The Balaban J connectivity index is 0.00000420. The molecule has 164 valence electrons. The molecule has 3 N–H and O–H groups in total. The van der Waals surface area contributed by atoms with Crippen LogP contribution in [0.4, 0.5) is 4.79 Å². The summed E-state index contributed by atoms with van der Waals surface area (Å²) in [6.45, 7) is 11.1. The Morgan fingerprint density at radius 3 is 2.38 bits per heavy atom. The predicted molar refractivity (Wildman–Crippen MR) is 128 cm³/mol. The van der Waals surface area contributed by atoms with E-state index >= 15 is 0 Å². The number of nitrogens with one attached hydrogen (secondary N) is 3. The van der Waals surface area contributed by atoms with Gasteiger partial charge >= 0.3 is 6.09 Å². The average Bonchev–Trinajstić information content (AvgIpc) is 2.61. The van der Waals surface area contributed by atoms with E-state index in [4.69, 9.17) is 4.74 Å². The molecule has 0 unspecified atom stereocenters. The lowest BCUT2D eigenvalue weighted by Gasteiger charge is -2.31. The molecule has 0 aliphatic heterocycles. The lowest BCUT2D eigenvalue weighted by molar-refractivity contribution is 0.0490. The monoisotopic (exact) mass is 517 g/mol. The highest BCUT2D eigenvalue weighted by Crippen LogP contribution is 2.19. The third-order valence-corrected chi connectivity index (χ3v) is 4.64. The van der Waals surface area contributed by atoms with E-state index in [0.29, 0.717) is 12.6 Å². The van der Waals surface area contributed by atoms with E-state index in [1.807, 2.05) is 26.8 Å². The van der Waals surface area contributed by atoms with Gasteiger partial charge in [0.05, 0.1) is 12.2 Å². The van der Waals surface area contributed by atoms with Gasteiger partial charge in [-0.2, -0.15) is 0 Å². The van der Waals surface area contributed by atoms with Gasteiger partial charge in [0.15, 0.2) is 5.96 Å². The number of ether oxygens (including phenoxy) is 1. The smallest absolute Gasteiger partial charge is 0.407 e. The van der Waals surface area contributed by atoms with E-state index in [-0.39, 0.29) is 36.1 Å². The summed E-state index contributed by atoms with van der Waals surface area (Å²) < 4.78 is 5.35. The Bertz CT molecular complexity index is 667. The molecule has 1 fully saturated rings. The number of aryl methyl sites for hydroxylation is 1. The van der Waals surface area contributed by atoms with E-state index in [1.54, 1.807) is 6.20 Å². The van der Waals surface area contributed by atoms with Crippen LogP contribution < -0.4 is 16.0 Å².